The predicted molar refractivity (Wildman–Crippen MR) is 126 cm³/mol. The maximum absolute atomic E-state index is 12.1. The number of hydrogen-bond donors (Lipinski definition) is 1. The van der Waals surface area contributed by atoms with E-state index in [2.05, 4.69) is 61.3 Å². The number of nitrogens with one attached hydrogen (secondary N) is 1. The van der Waals surface area contributed by atoms with E-state index < -0.39 is 5.60 Å². The zero-order valence-corrected chi connectivity index (χ0v) is 20.2. The van der Waals surface area contributed by atoms with Crippen LogP contribution in [-0.4, -0.2) is 41.8 Å². The molecule has 0 radical (unpaired) electrons. The minimum atomic E-state index is -0.451. The first-order valence-corrected chi connectivity index (χ1v) is 11.8. The second-order valence-electron chi connectivity index (χ2n) is 11.1. The van der Waals surface area contributed by atoms with Crippen molar-refractivity contribution in [2.45, 2.75) is 104 Å². The molecule has 0 spiro atoms. The Bertz CT molecular complexity index is 631. The highest BCUT2D eigenvalue weighted by Crippen LogP contribution is 2.31. The Labute approximate surface area is 184 Å². The fourth-order valence-electron chi connectivity index (χ4n) is 4.52. The number of carbonyl (C=O) groups is 1. The molecule has 4 heteroatoms. The van der Waals surface area contributed by atoms with Gasteiger partial charge < -0.3 is 10.1 Å². The molecule has 2 atom stereocenters. The van der Waals surface area contributed by atoms with Crippen molar-refractivity contribution < 1.29 is 9.53 Å². The van der Waals surface area contributed by atoms with Crippen LogP contribution in [0.3, 0.4) is 0 Å². The van der Waals surface area contributed by atoms with E-state index in [0.29, 0.717) is 24.0 Å². The second-order valence-corrected chi connectivity index (χ2v) is 11.1. The molecule has 1 aromatic rings. The van der Waals surface area contributed by atoms with Crippen molar-refractivity contribution >= 4 is 6.09 Å². The van der Waals surface area contributed by atoms with Gasteiger partial charge in [-0.05, 0) is 76.8 Å². The van der Waals surface area contributed by atoms with Crippen LogP contribution < -0.4 is 5.32 Å². The zero-order chi connectivity index (χ0) is 22.2. The van der Waals surface area contributed by atoms with Crippen molar-refractivity contribution in [3.8, 4) is 0 Å². The van der Waals surface area contributed by atoms with Crippen LogP contribution in [0.5, 0.6) is 0 Å². The highest BCUT2D eigenvalue weighted by Gasteiger charge is 2.33. The van der Waals surface area contributed by atoms with Gasteiger partial charge in [-0.3, -0.25) is 4.90 Å². The van der Waals surface area contributed by atoms with E-state index in [9.17, 15) is 4.79 Å². The number of ether oxygens (including phenoxy) is 1. The molecule has 0 aromatic heterocycles. The van der Waals surface area contributed by atoms with E-state index in [4.69, 9.17) is 4.74 Å². The van der Waals surface area contributed by atoms with Gasteiger partial charge in [0.15, 0.2) is 0 Å². The molecule has 1 N–H and O–H groups in total. The molecular weight excluding hydrogens is 372 g/mol. The van der Waals surface area contributed by atoms with E-state index in [1.54, 1.807) is 0 Å². The summed E-state index contributed by atoms with van der Waals surface area (Å²) < 4.78 is 5.43. The number of nitrogens with zero attached hydrogens (tertiary/aromatic N) is 1. The Morgan fingerprint density at radius 1 is 1.13 bits per heavy atom. The topological polar surface area (TPSA) is 41.6 Å². The van der Waals surface area contributed by atoms with E-state index in [1.807, 2.05) is 20.8 Å². The van der Waals surface area contributed by atoms with Crippen molar-refractivity contribution in [3.63, 3.8) is 0 Å². The smallest absolute Gasteiger partial charge is 0.407 e. The van der Waals surface area contributed by atoms with Gasteiger partial charge in [0.25, 0.3) is 0 Å². The summed E-state index contributed by atoms with van der Waals surface area (Å²) in [4.78, 5) is 14.8. The van der Waals surface area contributed by atoms with Gasteiger partial charge in [0.1, 0.15) is 5.60 Å². The molecule has 1 saturated heterocycles. The maximum atomic E-state index is 12.1. The van der Waals surface area contributed by atoms with Gasteiger partial charge in [-0.15, -0.1) is 0 Å². The molecule has 1 aromatic carbocycles. The Balaban J connectivity index is 1.89. The van der Waals surface area contributed by atoms with Crippen LogP contribution >= 0.6 is 0 Å². The lowest BCUT2D eigenvalue weighted by Crippen LogP contribution is -2.47. The predicted octanol–water partition coefficient (Wildman–Crippen LogP) is 6.19. The third-order valence-electron chi connectivity index (χ3n) is 5.72. The van der Waals surface area contributed by atoms with Crippen LogP contribution in [0.1, 0.15) is 85.6 Å². The normalized spacial score (nSPS) is 18.9. The lowest BCUT2D eigenvalue weighted by molar-refractivity contribution is 0.0498. The summed E-state index contributed by atoms with van der Waals surface area (Å²) in [6.45, 7) is 14.6. The minimum absolute atomic E-state index is 0.301. The fraction of sp³-hybridized carbons (Fsp3) is 0.731. The summed E-state index contributed by atoms with van der Waals surface area (Å²) in [7, 11) is 0. The number of alkyl carbamates (subject to hydrolysis) is 1. The van der Waals surface area contributed by atoms with Crippen LogP contribution in [0.15, 0.2) is 30.3 Å². The molecule has 0 aliphatic carbocycles. The zero-order valence-electron chi connectivity index (χ0n) is 20.2. The molecule has 0 bridgehead atoms. The van der Waals surface area contributed by atoms with Gasteiger partial charge in [-0.2, -0.15) is 0 Å². The van der Waals surface area contributed by atoms with Crippen LogP contribution in [0.2, 0.25) is 0 Å². The minimum Gasteiger partial charge on any atom is -0.444 e. The first-order chi connectivity index (χ1) is 14.0. The van der Waals surface area contributed by atoms with E-state index in [-0.39, 0.29) is 6.09 Å². The van der Waals surface area contributed by atoms with Gasteiger partial charge in [-0.1, -0.05) is 57.5 Å². The van der Waals surface area contributed by atoms with Gasteiger partial charge in [0, 0.05) is 18.6 Å². The molecule has 1 amide bonds. The molecule has 1 heterocycles. The SMILES string of the molecule is CC(C)(C)C[C@@H](CCCCc1ccccc1)N1CCC[C@H]1CNC(=O)OC(C)(C)C. The van der Waals surface area contributed by atoms with E-state index in [1.165, 1.54) is 37.7 Å². The van der Waals surface area contributed by atoms with Crippen molar-refractivity contribution in [1.29, 1.82) is 0 Å². The van der Waals surface area contributed by atoms with Crippen LogP contribution in [0.4, 0.5) is 4.79 Å². The number of aryl methyl sites for hydroxylation is 1. The standard InChI is InChI=1S/C26H44N2O2/c1-25(2,3)19-22(16-11-10-15-21-13-8-7-9-14-21)28-18-12-17-23(28)20-27-24(29)30-26(4,5)6/h7-9,13-14,22-23H,10-12,15-20H2,1-6H3,(H,27,29)/t22-,23+/m1/s1. The summed E-state index contributed by atoms with van der Waals surface area (Å²) >= 11 is 0. The second kappa shape index (κ2) is 11.2. The van der Waals surface area contributed by atoms with Crippen molar-refractivity contribution in [3.05, 3.63) is 35.9 Å². The number of hydrogen-bond acceptors (Lipinski definition) is 3. The summed E-state index contributed by atoms with van der Waals surface area (Å²) in [5, 5.41) is 3.01. The van der Waals surface area contributed by atoms with Gasteiger partial charge >= 0.3 is 6.09 Å². The molecule has 1 fully saturated rings. The number of unbranched alkanes of at least 4 members (excludes halogenated alkanes) is 1. The average molecular weight is 417 g/mol. The fourth-order valence-corrected chi connectivity index (χ4v) is 4.52. The first kappa shape index (κ1) is 24.7. The molecule has 4 nitrogen and oxygen atoms in total. The number of amides is 1. The summed E-state index contributed by atoms with van der Waals surface area (Å²) in [5.41, 5.74) is 1.29. The van der Waals surface area contributed by atoms with E-state index in [0.717, 1.165) is 19.4 Å². The number of benzene rings is 1. The van der Waals surface area contributed by atoms with Crippen LogP contribution in [-0.2, 0) is 11.2 Å². The molecule has 0 saturated carbocycles. The van der Waals surface area contributed by atoms with E-state index >= 15 is 0 Å². The highest BCUT2D eigenvalue weighted by atomic mass is 16.6. The monoisotopic (exact) mass is 416 g/mol. The highest BCUT2D eigenvalue weighted by molar-refractivity contribution is 5.67. The van der Waals surface area contributed by atoms with Gasteiger partial charge in [0.2, 0.25) is 0 Å². The summed E-state index contributed by atoms with van der Waals surface area (Å²) in [6, 6.07) is 11.8. The summed E-state index contributed by atoms with van der Waals surface area (Å²) in [6.07, 6.45) is 8.13. The Hall–Kier alpha value is -1.55. The lowest BCUT2D eigenvalue weighted by Gasteiger charge is -2.37. The Morgan fingerprint density at radius 2 is 1.83 bits per heavy atom. The molecule has 1 aliphatic heterocycles. The molecule has 0 unspecified atom stereocenters. The molecule has 170 valence electrons. The number of carbonyl (C=O) groups excluding carboxylic acids is 1. The Morgan fingerprint density at radius 3 is 2.47 bits per heavy atom. The van der Waals surface area contributed by atoms with Gasteiger partial charge in [0.05, 0.1) is 0 Å². The summed E-state index contributed by atoms with van der Waals surface area (Å²) in [5.74, 6) is 0. The molecule has 30 heavy (non-hydrogen) atoms. The molecule has 2 rings (SSSR count). The maximum Gasteiger partial charge on any atom is 0.407 e. The van der Waals surface area contributed by atoms with Crippen molar-refractivity contribution in [2.75, 3.05) is 13.1 Å². The molecule has 1 aliphatic rings. The average Bonchev–Trinajstić information content (AvgIpc) is 3.09. The van der Waals surface area contributed by atoms with Gasteiger partial charge in [-0.25, -0.2) is 4.79 Å². The number of likely N-dealkylation sites (tertiary alicyclic amines) is 1. The van der Waals surface area contributed by atoms with Crippen molar-refractivity contribution in [2.24, 2.45) is 5.41 Å². The van der Waals surface area contributed by atoms with Crippen molar-refractivity contribution in [1.82, 2.24) is 10.2 Å². The Kier molecular flexibility index (Phi) is 9.21. The third-order valence-corrected chi connectivity index (χ3v) is 5.72. The molecular formula is C26H44N2O2. The third kappa shape index (κ3) is 9.51. The first-order valence-electron chi connectivity index (χ1n) is 11.8. The largest absolute Gasteiger partial charge is 0.444 e. The number of rotatable bonds is 9. The quantitative estimate of drug-likeness (QED) is 0.488. The van der Waals surface area contributed by atoms with Crippen LogP contribution in [0, 0.1) is 5.41 Å². The lowest BCUT2D eigenvalue weighted by atomic mass is 9.85. The van der Waals surface area contributed by atoms with Crippen LogP contribution in [0.25, 0.3) is 0 Å².